The number of anilines is 1. The molecule has 6 heteroatoms. The minimum absolute atomic E-state index is 0.0388. The van der Waals surface area contributed by atoms with Gasteiger partial charge in [-0.2, -0.15) is 5.11 Å². The zero-order chi connectivity index (χ0) is 18.4. The number of non-ortho nitro benzene ring substituents is 1. The second-order valence-electron chi connectivity index (χ2n) is 5.93. The van der Waals surface area contributed by atoms with Crippen LogP contribution in [0.25, 0.3) is 10.8 Å². The Labute approximate surface area is 151 Å². The Balaban J connectivity index is 1.88. The van der Waals surface area contributed by atoms with E-state index in [2.05, 4.69) is 28.5 Å². The smallest absolute Gasteiger partial charge is 0.269 e. The van der Waals surface area contributed by atoms with Crippen LogP contribution in [0.3, 0.4) is 0 Å². The van der Waals surface area contributed by atoms with Gasteiger partial charge >= 0.3 is 0 Å². The van der Waals surface area contributed by atoms with Gasteiger partial charge in [0.15, 0.2) is 0 Å². The molecular weight excluding hydrogens is 328 g/mol. The Morgan fingerprint density at radius 1 is 0.962 bits per heavy atom. The van der Waals surface area contributed by atoms with Gasteiger partial charge in [-0.1, -0.05) is 37.6 Å². The maximum atomic E-state index is 10.7. The van der Waals surface area contributed by atoms with Crippen molar-refractivity contribution >= 4 is 33.5 Å². The van der Waals surface area contributed by atoms with Crippen LogP contribution in [0, 0.1) is 10.1 Å². The predicted octanol–water partition coefficient (Wildman–Crippen LogP) is 6.38. The standard InChI is InChI=1S/C20H20N4O2/c1-2-3-14-21-19-12-13-20(18-7-5-4-6-17(18)19)23-22-15-8-10-16(11-9-15)24(25)26/h4-13,21H,2-3,14H2,1H3. The van der Waals surface area contributed by atoms with Crippen LogP contribution in [0.4, 0.5) is 22.7 Å². The van der Waals surface area contributed by atoms with Gasteiger partial charge in [0, 0.05) is 35.1 Å². The van der Waals surface area contributed by atoms with E-state index >= 15 is 0 Å². The van der Waals surface area contributed by atoms with E-state index in [9.17, 15) is 10.1 Å². The maximum absolute atomic E-state index is 10.7. The van der Waals surface area contributed by atoms with Gasteiger partial charge in [0.25, 0.3) is 5.69 Å². The van der Waals surface area contributed by atoms with Gasteiger partial charge in [-0.05, 0) is 30.7 Å². The van der Waals surface area contributed by atoms with Crippen molar-refractivity contribution in [3.63, 3.8) is 0 Å². The fraction of sp³-hybridized carbons (Fsp3) is 0.200. The molecule has 0 atom stereocenters. The highest BCUT2D eigenvalue weighted by Crippen LogP contribution is 2.33. The molecule has 3 rings (SSSR count). The summed E-state index contributed by atoms with van der Waals surface area (Å²) < 4.78 is 0. The summed E-state index contributed by atoms with van der Waals surface area (Å²) in [4.78, 5) is 10.3. The van der Waals surface area contributed by atoms with Crippen LogP contribution in [0.1, 0.15) is 19.8 Å². The second-order valence-corrected chi connectivity index (χ2v) is 5.93. The van der Waals surface area contributed by atoms with E-state index < -0.39 is 4.92 Å². The lowest BCUT2D eigenvalue weighted by Crippen LogP contribution is -2.01. The van der Waals surface area contributed by atoms with Crippen LogP contribution in [-0.4, -0.2) is 11.5 Å². The van der Waals surface area contributed by atoms with E-state index in [-0.39, 0.29) is 5.69 Å². The molecule has 0 aliphatic rings. The lowest BCUT2D eigenvalue weighted by Gasteiger charge is -2.10. The van der Waals surface area contributed by atoms with E-state index in [1.807, 2.05) is 30.3 Å². The van der Waals surface area contributed by atoms with Gasteiger partial charge in [0.05, 0.1) is 16.3 Å². The van der Waals surface area contributed by atoms with Gasteiger partial charge < -0.3 is 5.32 Å². The fourth-order valence-electron chi connectivity index (χ4n) is 2.68. The molecule has 0 spiro atoms. The average Bonchev–Trinajstić information content (AvgIpc) is 2.67. The van der Waals surface area contributed by atoms with E-state index in [0.29, 0.717) is 5.69 Å². The summed E-state index contributed by atoms with van der Waals surface area (Å²) in [6.45, 7) is 3.10. The molecule has 26 heavy (non-hydrogen) atoms. The van der Waals surface area contributed by atoms with Gasteiger partial charge in [0.2, 0.25) is 0 Å². The van der Waals surface area contributed by atoms with Crippen LogP contribution in [-0.2, 0) is 0 Å². The van der Waals surface area contributed by atoms with E-state index in [0.717, 1.165) is 41.5 Å². The van der Waals surface area contributed by atoms with Crippen molar-refractivity contribution in [3.8, 4) is 0 Å². The first-order valence-corrected chi connectivity index (χ1v) is 8.61. The summed E-state index contributed by atoms with van der Waals surface area (Å²) in [5.41, 5.74) is 2.46. The largest absolute Gasteiger partial charge is 0.385 e. The van der Waals surface area contributed by atoms with E-state index in [1.54, 1.807) is 12.1 Å². The van der Waals surface area contributed by atoms with Crippen molar-refractivity contribution in [1.29, 1.82) is 0 Å². The Morgan fingerprint density at radius 3 is 2.38 bits per heavy atom. The Bertz CT molecular complexity index is 936. The topological polar surface area (TPSA) is 79.9 Å². The van der Waals surface area contributed by atoms with Gasteiger partial charge in [-0.15, -0.1) is 5.11 Å². The van der Waals surface area contributed by atoms with Gasteiger partial charge in [-0.25, -0.2) is 0 Å². The molecule has 0 fully saturated rings. The minimum atomic E-state index is -0.432. The van der Waals surface area contributed by atoms with Crippen LogP contribution in [0.15, 0.2) is 70.9 Å². The molecule has 0 saturated carbocycles. The number of hydrogen-bond donors (Lipinski definition) is 1. The summed E-state index contributed by atoms with van der Waals surface area (Å²) in [6.07, 6.45) is 2.27. The summed E-state index contributed by atoms with van der Waals surface area (Å²) in [7, 11) is 0. The molecule has 0 aliphatic heterocycles. The predicted molar refractivity (Wildman–Crippen MR) is 105 cm³/mol. The zero-order valence-electron chi connectivity index (χ0n) is 14.6. The number of nitrogens with one attached hydrogen (secondary N) is 1. The normalized spacial score (nSPS) is 11.1. The highest BCUT2D eigenvalue weighted by atomic mass is 16.6. The third-order valence-corrected chi connectivity index (χ3v) is 4.08. The lowest BCUT2D eigenvalue weighted by atomic mass is 10.1. The molecule has 0 radical (unpaired) electrons. The molecule has 3 aromatic rings. The molecule has 0 bridgehead atoms. The van der Waals surface area contributed by atoms with E-state index in [4.69, 9.17) is 0 Å². The number of unbranched alkanes of at least 4 members (excludes halogenated alkanes) is 1. The highest BCUT2D eigenvalue weighted by Gasteiger charge is 2.06. The van der Waals surface area contributed by atoms with Crippen LogP contribution < -0.4 is 5.32 Å². The molecular formula is C20H20N4O2. The monoisotopic (exact) mass is 348 g/mol. The number of rotatable bonds is 7. The number of benzene rings is 3. The molecule has 1 N–H and O–H groups in total. The van der Waals surface area contributed by atoms with Crippen LogP contribution in [0.5, 0.6) is 0 Å². The molecule has 0 amide bonds. The maximum Gasteiger partial charge on any atom is 0.269 e. The Morgan fingerprint density at radius 2 is 1.69 bits per heavy atom. The Kier molecular flexibility index (Phi) is 5.53. The fourth-order valence-corrected chi connectivity index (χ4v) is 2.68. The lowest BCUT2D eigenvalue weighted by molar-refractivity contribution is -0.384. The number of hydrogen-bond acceptors (Lipinski definition) is 5. The molecule has 3 aromatic carbocycles. The van der Waals surface area contributed by atoms with Crippen LogP contribution in [0.2, 0.25) is 0 Å². The molecule has 0 unspecified atom stereocenters. The summed E-state index contributed by atoms with van der Waals surface area (Å²) in [5, 5.41) is 24.9. The zero-order valence-corrected chi connectivity index (χ0v) is 14.6. The second kappa shape index (κ2) is 8.20. The molecule has 132 valence electrons. The number of nitro groups is 1. The van der Waals surface area contributed by atoms with Crippen molar-refractivity contribution in [2.45, 2.75) is 19.8 Å². The molecule has 0 aromatic heterocycles. The van der Waals surface area contributed by atoms with E-state index in [1.165, 1.54) is 12.1 Å². The molecule has 0 saturated heterocycles. The molecule has 0 aliphatic carbocycles. The summed E-state index contributed by atoms with van der Waals surface area (Å²) >= 11 is 0. The number of nitro benzene ring substituents is 1. The van der Waals surface area contributed by atoms with Crippen molar-refractivity contribution < 1.29 is 4.92 Å². The minimum Gasteiger partial charge on any atom is -0.385 e. The van der Waals surface area contributed by atoms with Crippen molar-refractivity contribution in [2.75, 3.05) is 11.9 Å². The number of nitrogens with zero attached hydrogens (tertiary/aromatic N) is 3. The summed E-state index contributed by atoms with van der Waals surface area (Å²) in [5.74, 6) is 0. The van der Waals surface area contributed by atoms with Gasteiger partial charge in [-0.3, -0.25) is 10.1 Å². The molecule has 0 heterocycles. The van der Waals surface area contributed by atoms with Crippen LogP contribution >= 0.6 is 0 Å². The van der Waals surface area contributed by atoms with Crippen molar-refractivity contribution in [1.82, 2.24) is 0 Å². The summed E-state index contributed by atoms with van der Waals surface area (Å²) in [6, 6.07) is 18.0. The SMILES string of the molecule is CCCCNc1ccc(N=Nc2ccc([N+](=O)[O-])cc2)c2ccccc12. The number of azo groups is 1. The Hall–Kier alpha value is -3.28. The third kappa shape index (κ3) is 4.03. The highest BCUT2D eigenvalue weighted by molar-refractivity contribution is 6.00. The van der Waals surface area contributed by atoms with Crippen molar-refractivity contribution in [2.24, 2.45) is 10.2 Å². The first kappa shape index (κ1) is 17.5. The molecule has 6 nitrogen and oxygen atoms in total. The van der Waals surface area contributed by atoms with Gasteiger partial charge in [0.1, 0.15) is 0 Å². The number of fused-ring (bicyclic) bond motifs is 1. The third-order valence-electron chi connectivity index (χ3n) is 4.08. The van der Waals surface area contributed by atoms with Crippen molar-refractivity contribution in [3.05, 3.63) is 70.8 Å². The first-order chi connectivity index (χ1) is 12.7. The quantitative estimate of drug-likeness (QED) is 0.233. The first-order valence-electron chi connectivity index (χ1n) is 8.61. The average molecular weight is 348 g/mol.